The molecule has 0 aliphatic rings. The highest BCUT2D eigenvalue weighted by Crippen LogP contribution is 2.10. The minimum Gasteiger partial charge on any atom is -0.329 e. The molecule has 1 rings (SSSR count). The SMILES string of the molecule is CN(CCN)C(=O)Nc1cccc(C#N)c1. The van der Waals surface area contributed by atoms with E-state index in [2.05, 4.69) is 5.32 Å². The molecule has 0 aromatic heterocycles. The van der Waals surface area contributed by atoms with Crippen molar-refractivity contribution in [1.82, 2.24) is 4.90 Å². The van der Waals surface area contributed by atoms with Crippen molar-refractivity contribution in [2.24, 2.45) is 5.73 Å². The van der Waals surface area contributed by atoms with E-state index in [4.69, 9.17) is 11.0 Å². The van der Waals surface area contributed by atoms with Crippen LogP contribution in [0.25, 0.3) is 0 Å². The van der Waals surface area contributed by atoms with E-state index in [-0.39, 0.29) is 6.03 Å². The van der Waals surface area contributed by atoms with E-state index in [1.54, 1.807) is 31.3 Å². The van der Waals surface area contributed by atoms with E-state index < -0.39 is 0 Å². The fraction of sp³-hybridized carbons (Fsp3) is 0.273. The Morgan fingerprint density at radius 3 is 3.00 bits per heavy atom. The topological polar surface area (TPSA) is 82.2 Å². The van der Waals surface area contributed by atoms with Crippen LogP contribution in [0.3, 0.4) is 0 Å². The summed E-state index contributed by atoms with van der Waals surface area (Å²) in [6.45, 7) is 0.909. The van der Waals surface area contributed by atoms with Crippen LogP contribution in [-0.2, 0) is 0 Å². The van der Waals surface area contributed by atoms with Gasteiger partial charge in [0.2, 0.25) is 0 Å². The van der Waals surface area contributed by atoms with Crippen LogP contribution in [0.2, 0.25) is 0 Å². The molecule has 84 valence electrons. The molecule has 0 aliphatic heterocycles. The molecule has 0 aliphatic carbocycles. The highest BCUT2D eigenvalue weighted by Gasteiger charge is 2.07. The van der Waals surface area contributed by atoms with Crippen LogP contribution < -0.4 is 11.1 Å². The maximum atomic E-state index is 11.6. The van der Waals surface area contributed by atoms with Crippen LogP contribution in [-0.4, -0.2) is 31.1 Å². The minimum atomic E-state index is -0.236. The lowest BCUT2D eigenvalue weighted by Gasteiger charge is -2.16. The van der Waals surface area contributed by atoms with Gasteiger partial charge >= 0.3 is 6.03 Å². The number of nitrogens with one attached hydrogen (secondary N) is 1. The molecule has 0 bridgehead atoms. The molecule has 1 aromatic carbocycles. The predicted molar refractivity (Wildman–Crippen MR) is 61.9 cm³/mol. The normalized spacial score (nSPS) is 9.31. The Balaban J connectivity index is 2.66. The minimum absolute atomic E-state index is 0.236. The van der Waals surface area contributed by atoms with E-state index in [9.17, 15) is 4.79 Å². The third-order valence-electron chi connectivity index (χ3n) is 2.05. The molecular weight excluding hydrogens is 204 g/mol. The van der Waals surface area contributed by atoms with Gasteiger partial charge in [0.25, 0.3) is 0 Å². The highest BCUT2D eigenvalue weighted by molar-refractivity contribution is 5.89. The van der Waals surface area contributed by atoms with E-state index in [0.717, 1.165) is 0 Å². The molecule has 0 saturated carbocycles. The zero-order valence-corrected chi connectivity index (χ0v) is 9.10. The second-order valence-electron chi connectivity index (χ2n) is 3.33. The summed E-state index contributed by atoms with van der Waals surface area (Å²) in [4.78, 5) is 13.1. The number of hydrogen-bond acceptors (Lipinski definition) is 3. The smallest absolute Gasteiger partial charge is 0.321 e. The number of nitriles is 1. The van der Waals surface area contributed by atoms with Crippen LogP contribution in [0.5, 0.6) is 0 Å². The van der Waals surface area contributed by atoms with Gasteiger partial charge < -0.3 is 16.0 Å². The second kappa shape index (κ2) is 5.73. The molecule has 5 nitrogen and oxygen atoms in total. The van der Waals surface area contributed by atoms with Gasteiger partial charge in [-0.3, -0.25) is 0 Å². The number of benzene rings is 1. The summed E-state index contributed by atoms with van der Waals surface area (Å²) in [5.41, 5.74) is 6.46. The summed E-state index contributed by atoms with van der Waals surface area (Å²) < 4.78 is 0. The predicted octanol–water partition coefficient (Wildman–Crippen LogP) is 0.981. The zero-order valence-electron chi connectivity index (χ0n) is 9.10. The highest BCUT2D eigenvalue weighted by atomic mass is 16.2. The van der Waals surface area contributed by atoms with Crippen molar-refractivity contribution >= 4 is 11.7 Å². The molecule has 0 spiro atoms. The number of hydrogen-bond donors (Lipinski definition) is 2. The van der Waals surface area contributed by atoms with Gasteiger partial charge in [0.1, 0.15) is 0 Å². The van der Waals surface area contributed by atoms with Gasteiger partial charge in [-0.05, 0) is 18.2 Å². The van der Waals surface area contributed by atoms with E-state index in [1.165, 1.54) is 4.90 Å². The van der Waals surface area contributed by atoms with Crippen LogP contribution in [0.15, 0.2) is 24.3 Å². The summed E-state index contributed by atoms with van der Waals surface area (Å²) in [7, 11) is 1.66. The van der Waals surface area contributed by atoms with Crippen LogP contribution in [0, 0.1) is 11.3 Å². The van der Waals surface area contributed by atoms with Gasteiger partial charge in [-0.1, -0.05) is 6.07 Å². The van der Waals surface area contributed by atoms with Crippen molar-refractivity contribution in [2.75, 3.05) is 25.5 Å². The van der Waals surface area contributed by atoms with Crippen molar-refractivity contribution in [3.63, 3.8) is 0 Å². The average Bonchev–Trinajstić information content (AvgIpc) is 2.29. The van der Waals surface area contributed by atoms with E-state index >= 15 is 0 Å². The molecule has 0 unspecified atom stereocenters. The molecule has 0 fully saturated rings. The average molecular weight is 218 g/mol. The van der Waals surface area contributed by atoms with E-state index in [0.29, 0.717) is 24.3 Å². The van der Waals surface area contributed by atoms with Gasteiger partial charge in [-0.2, -0.15) is 5.26 Å². The number of anilines is 1. The molecule has 0 saturated heterocycles. The fourth-order valence-corrected chi connectivity index (χ4v) is 1.18. The Hall–Kier alpha value is -2.06. The number of carbonyl (C=O) groups is 1. The first kappa shape index (κ1) is 12.0. The quantitative estimate of drug-likeness (QED) is 0.793. The van der Waals surface area contributed by atoms with Crippen molar-refractivity contribution in [3.05, 3.63) is 29.8 Å². The van der Waals surface area contributed by atoms with Gasteiger partial charge in [-0.15, -0.1) is 0 Å². The number of nitrogens with zero attached hydrogens (tertiary/aromatic N) is 2. The van der Waals surface area contributed by atoms with E-state index in [1.807, 2.05) is 6.07 Å². The van der Waals surface area contributed by atoms with Gasteiger partial charge in [0.15, 0.2) is 0 Å². The molecule has 3 N–H and O–H groups in total. The standard InChI is InChI=1S/C11H14N4O/c1-15(6-5-12)11(16)14-10-4-2-3-9(7-10)8-13/h2-4,7H,5-6,12H2,1H3,(H,14,16). The van der Waals surface area contributed by atoms with Crippen molar-refractivity contribution in [1.29, 1.82) is 5.26 Å². The molecule has 2 amide bonds. The molecule has 0 atom stereocenters. The Morgan fingerprint density at radius 1 is 1.62 bits per heavy atom. The maximum Gasteiger partial charge on any atom is 0.321 e. The third kappa shape index (κ3) is 3.26. The van der Waals surface area contributed by atoms with Gasteiger partial charge in [-0.25, -0.2) is 4.79 Å². The number of amides is 2. The Labute approximate surface area is 94.5 Å². The molecule has 0 radical (unpaired) electrons. The monoisotopic (exact) mass is 218 g/mol. The first-order chi connectivity index (χ1) is 7.67. The lowest BCUT2D eigenvalue weighted by Crippen LogP contribution is -2.35. The van der Waals surface area contributed by atoms with Gasteiger partial charge in [0.05, 0.1) is 11.6 Å². The summed E-state index contributed by atoms with van der Waals surface area (Å²) in [6, 6.07) is 8.52. The van der Waals surface area contributed by atoms with Crippen LogP contribution in [0.1, 0.15) is 5.56 Å². The van der Waals surface area contributed by atoms with Crippen molar-refractivity contribution < 1.29 is 4.79 Å². The van der Waals surface area contributed by atoms with Crippen molar-refractivity contribution in [3.8, 4) is 6.07 Å². The maximum absolute atomic E-state index is 11.6. The molecule has 16 heavy (non-hydrogen) atoms. The number of nitrogens with two attached hydrogens (primary N) is 1. The summed E-state index contributed by atoms with van der Waals surface area (Å²) in [5, 5.41) is 11.4. The second-order valence-corrected chi connectivity index (χ2v) is 3.33. The molecule has 5 heteroatoms. The molecule has 0 heterocycles. The van der Waals surface area contributed by atoms with Gasteiger partial charge in [0, 0.05) is 25.8 Å². The Kier molecular flexibility index (Phi) is 4.30. The Bertz CT molecular complexity index is 411. The Morgan fingerprint density at radius 2 is 2.38 bits per heavy atom. The lowest BCUT2D eigenvalue weighted by atomic mass is 10.2. The first-order valence-electron chi connectivity index (χ1n) is 4.89. The summed E-state index contributed by atoms with van der Waals surface area (Å²) in [6.07, 6.45) is 0. The summed E-state index contributed by atoms with van der Waals surface area (Å²) >= 11 is 0. The lowest BCUT2D eigenvalue weighted by molar-refractivity contribution is 0.223. The number of rotatable bonds is 3. The van der Waals surface area contributed by atoms with Crippen LogP contribution >= 0.6 is 0 Å². The molecule has 1 aromatic rings. The number of carbonyl (C=O) groups excluding carboxylic acids is 1. The largest absolute Gasteiger partial charge is 0.329 e. The fourth-order valence-electron chi connectivity index (χ4n) is 1.18. The molecular formula is C11H14N4O. The number of urea groups is 1. The van der Waals surface area contributed by atoms with Crippen LogP contribution in [0.4, 0.5) is 10.5 Å². The first-order valence-corrected chi connectivity index (χ1v) is 4.89. The summed E-state index contributed by atoms with van der Waals surface area (Å²) in [5.74, 6) is 0. The third-order valence-corrected chi connectivity index (χ3v) is 2.05. The van der Waals surface area contributed by atoms with Crippen molar-refractivity contribution in [2.45, 2.75) is 0 Å². The number of likely N-dealkylation sites (N-methyl/N-ethyl adjacent to an activating group) is 1. The zero-order chi connectivity index (χ0) is 12.0.